The highest BCUT2D eigenvalue weighted by Crippen LogP contribution is 2.55. The molecule has 1 saturated heterocycles. The standard InChI is InChI=1S/C14H24O3/c15-8-10-7-14(5-2-6-17-14)13(9-16)12-4-1-3-11(10)12/h10-13,15-16H,1-9H2. The highest BCUT2D eigenvalue weighted by Gasteiger charge is 2.55. The first-order valence-electron chi connectivity index (χ1n) is 7.16. The van der Waals surface area contributed by atoms with E-state index in [-0.39, 0.29) is 12.2 Å². The average molecular weight is 240 g/mol. The van der Waals surface area contributed by atoms with E-state index in [1.54, 1.807) is 0 Å². The van der Waals surface area contributed by atoms with Crippen molar-refractivity contribution >= 4 is 0 Å². The lowest BCUT2D eigenvalue weighted by Crippen LogP contribution is -2.52. The van der Waals surface area contributed by atoms with Gasteiger partial charge >= 0.3 is 0 Å². The molecular weight excluding hydrogens is 216 g/mol. The van der Waals surface area contributed by atoms with Crippen molar-refractivity contribution in [2.24, 2.45) is 23.7 Å². The summed E-state index contributed by atoms with van der Waals surface area (Å²) in [6.45, 7) is 1.40. The van der Waals surface area contributed by atoms with Gasteiger partial charge in [0.15, 0.2) is 0 Å². The number of fused-ring (bicyclic) bond motifs is 1. The molecule has 3 rings (SSSR count). The molecule has 98 valence electrons. The monoisotopic (exact) mass is 240 g/mol. The minimum absolute atomic E-state index is 0.104. The van der Waals surface area contributed by atoms with Crippen LogP contribution >= 0.6 is 0 Å². The Morgan fingerprint density at radius 3 is 2.53 bits per heavy atom. The fourth-order valence-electron chi connectivity index (χ4n) is 4.91. The molecule has 3 aliphatic rings. The molecule has 5 unspecified atom stereocenters. The lowest BCUT2D eigenvalue weighted by Gasteiger charge is -2.49. The van der Waals surface area contributed by atoms with Crippen LogP contribution in [0.25, 0.3) is 0 Å². The van der Waals surface area contributed by atoms with E-state index in [4.69, 9.17) is 4.74 Å². The normalized spacial score (nSPS) is 49.8. The fraction of sp³-hybridized carbons (Fsp3) is 1.00. The van der Waals surface area contributed by atoms with Crippen molar-refractivity contribution in [3.05, 3.63) is 0 Å². The van der Waals surface area contributed by atoms with Crippen molar-refractivity contribution in [2.75, 3.05) is 19.8 Å². The summed E-state index contributed by atoms with van der Waals surface area (Å²) in [7, 11) is 0. The summed E-state index contributed by atoms with van der Waals surface area (Å²) in [6.07, 6.45) is 6.89. The molecule has 5 atom stereocenters. The first-order valence-corrected chi connectivity index (χ1v) is 7.16. The van der Waals surface area contributed by atoms with Crippen molar-refractivity contribution in [2.45, 2.75) is 44.1 Å². The maximum absolute atomic E-state index is 9.78. The zero-order valence-electron chi connectivity index (χ0n) is 10.5. The Morgan fingerprint density at radius 2 is 1.88 bits per heavy atom. The van der Waals surface area contributed by atoms with Crippen LogP contribution in [0.3, 0.4) is 0 Å². The molecular formula is C14H24O3. The molecule has 1 spiro atoms. The summed E-state index contributed by atoms with van der Waals surface area (Å²) in [4.78, 5) is 0. The maximum atomic E-state index is 9.78. The Hall–Kier alpha value is -0.120. The highest BCUT2D eigenvalue weighted by atomic mass is 16.5. The van der Waals surface area contributed by atoms with Crippen LogP contribution < -0.4 is 0 Å². The molecule has 2 aliphatic carbocycles. The van der Waals surface area contributed by atoms with Gasteiger partial charge in [-0.25, -0.2) is 0 Å². The van der Waals surface area contributed by atoms with E-state index in [0.717, 1.165) is 25.9 Å². The third kappa shape index (κ3) is 1.74. The topological polar surface area (TPSA) is 49.7 Å². The van der Waals surface area contributed by atoms with Gasteiger partial charge in [0.1, 0.15) is 0 Å². The van der Waals surface area contributed by atoms with Crippen molar-refractivity contribution < 1.29 is 14.9 Å². The molecule has 2 N–H and O–H groups in total. The van der Waals surface area contributed by atoms with E-state index in [1.807, 2.05) is 0 Å². The lowest BCUT2D eigenvalue weighted by molar-refractivity contribution is -0.141. The van der Waals surface area contributed by atoms with Crippen LogP contribution in [-0.2, 0) is 4.74 Å². The quantitative estimate of drug-likeness (QED) is 0.770. The SMILES string of the molecule is OCC1CC2(CCCO2)C(CO)C2CCCC12. The Morgan fingerprint density at radius 1 is 1.06 bits per heavy atom. The molecule has 17 heavy (non-hydrogen) atoms. The van der Waals surface area contributed by atoms with Crippen LogP contribution in [0, 0.1) is 23.7 Å². The molecule has 0 aromatic carbocycles. The van der Waals surface area contributed by atoms with E-state index in [1.165, 1.54) is 19.3 Å². The number of aliphatic hydroxyl groups is 2. The van der Waals surface area contributed by atoms with Gasteiger partial charge in [-0.15, -0.1) is 0 Å². The lowest BCUT2D eigenvalue weighted by atomic mass is 9.60. The Labute approximate surface area is 103 Å². The zero-order valence-corrected chi connectivity index (χ0v) is 10.5. The van der Waals surface area contributed by atoms with Gasteiger partial charge in [-0.1, -0.05) is 6.42 Å². The van der Waals surface area contributed by atoms with Crippen molar-refractivity contribution in [3.8, 4) is 0 Å². The first kappa shape index (κ1) is 11.9. The van der Waals surface area contributed by atoms with Gasteiger partial charge in [-0.2, -0.15) is 0 Å². The van der Waals surface area contributed by atoms with E-state index in [0.29, 0.717) is 30.3 Å². The maximum Gasteiger partial charge on any atom is 0.0739 e. The molecule has 0 aromatic heterocycles. The van der Waals surface area contributed by atoms with Crippen LogP contribution in [0.4, 0.5) is 0 Å². The molecule has 3 heteroatoms. The van der Waals surface area contributed by atoms with Gasteiger partial charge in [0.25, 0.3) is 0 Å². The van der Waals surface area contributed by atoms with Crippen LogP contribution in [-0.4, -0.2) is 35.6 Å². The van der Waals surface area contributed by atoms with Gasteiger partial charge in [-0.05, 0) is 49.9 Å². The van der Waals surface area contributed by atoms with Crippen LogP contribution in [0.15, 0.2) is 0 Å². The second kappa shape index (κ2) is 4.52. The van der Waals surface area contributed by atoms with E-state index >= 15 is 0 Å². The summed E-state index contributed by atoms with van der Waals surface area (Å²) in [5, 5.41) is 19.4. The number of hydrogen-bond donors (Lipinski definition) is 2. The van der Waals surface area contributed by atoms with Crippen LogP contribution in [0.2, 0.25) is 0 Å². The summed E-state index contributed by atoms with van der Waals surface area (Å²) in [5.74, 6) is 1.94. The van der Waals surface area contributed by atoms with Gasteiger partial charge in [-0.3, -0.25) is 0 Å². The Kier molecular flexibility index (Phi) is 3.18. The predicted octanol–water partition coefficient (Wildman–Crippen LogP) is 1.57. The second-order valence-corrected chi connectivity index (χ2v) is 6.21. The fourth-order valence-corrected chi connectivity index (χ4v) is 4.91. The molecule has 2 saturated carbocycles. The summed E-state index contributed by atoms with van der Waals surface area (Å²) < 4.78 is 6.05. The van der Waals surface area contributed by atoms with Gasteiger partial charge in [0, 0.05) is 25.7 Å². The molecule has 0 amide bonds. The van der Waals surface area contributed by atoms with Crippen molar-refractivity contribution in [3.63, 3.8) is 0 Å². The number of aliphatic hydroxyl groups excluding tert-OH is 2. The Bertz CT molecular complexity index is 273. The van der Waals surface area contributed by atoms with Crippen LogP contribution in [0.1, 0.15) is 38.5 Å². The van der Waals surface area contributed by atoms with Crippen molar-refractivity contribution in [1.82, 2.24) is 0 Å². The summed E-state index contributed by atoms with van der Waals surface area (Å²) in [5.41, 5.74) is -0.104. The second-order valence-electron chi connectivity index (χ2n) is 6.21. The third-order valence-corrected chi connectivity index (χ3v) is 5.60. The predicted molar refractivity (Wildman–Crippen MR) is 64.5 cm³/mol. The number of rotatable bonds is 2. The van der Waals surface area contributed by atoms with Gasteiger partial charge in [0.05, 0.1) is 5.60 Å². The number of ether oxygens (including phenoxy) is 1. The summed E-state index contributed by atoms with van der Waals surface area (Å²) in [6, 6.07) is 0. The van der Waals surface area contributed by atoms with E-state index in [9.17, 15) is 10.2 Å². The molecule has 1 aliphatic heterocycles. The average Bonchev–Trinajstić information content (AvgIpc) is 2.98. The smallest absolute Gasteiger partial charge is 0.0739 e. The minimum atomic E-state index is -0.104. The molecule has 1 heterocycles. The van der Waals surface area contributed by atoms with Gasteiger partial charge in [0.2, 0.25) is 0 Å². The van der Waals surface area contributed by atoms with E-state index in [2.05, 4.69) is 0 Å². The third-order valence-electron chi connectivity index (χ3n) is 5.60. The molecule has 0 radical (unpaired) electrons. The molecule has 0 bridgehead atoms. The minimum Gasteiger partial charge on any atom is -0.396 e. The Balaban J connectivity index is 1.89. The first-order chi connectivity index (χ1) is 8.30. The summed E-state index contributed by atoms with van der Waals surface area (Å²) >= 11 is 0. The largest absolute Gasteiger partial charge is 0.396 e. The molecule has 3 fully saturated rings. The highest BCUT2D eigenvalue weighted by molar-refractivity contribution is 5.04. The molecule has 0 aromatic rings. The van der Waals surface area contributed by atoms with Gasteiger partial charge < -0.3 is 14.9 Å². The number of hydrogen-bond acceptors (Lipinski definition) is 3. The van der Waals surface area contributed by atoms with E-state index < -0.39 is 0 Å². The zero-order chi connectivity index (χ0) is 11.9. The molecule has 3 nitrogen and oxygen atoms in total. The van der Waals surface area contributed by atoms with Crippen LogP contribution in [0.5, 0.6) is 0 Å². The van der Waals surface area contributed by atoms with Crippen molar-refractivity contribution in [1.29, 1.82) is 0 Å².